The zero-order valence-electron chi connectivity index (χ0n) is 15.2. The molecule has 0 saturated carbocycles. The molecule has 0 bridgehead atoms. The van der Waals surface area contributed by atoms with Crippen LogP contribution in [0.25, 0.3) is 0 Å². The molecule has 0 unspecified atom stereocenters. The van der Waals surface area contributed by atoms with E-state index in [-0.39, 0.29) is 5.91 Å². The van der Waals surface area contributed by atoms with E-state index in [0.29, 0.717) is 48.2 Å². The number of ether oxygens (including phenoxy) is 1. The molecule has 142 valence electrons. The van der Waals surface area contributed by atoms with Gasteiger partial charge in [-0.15, -0.1) is 0 Å². The van der Waals surface area contributed by atoms with Gasteiger partial charge >= 0.3 is 0 Å². The van der Waals surface area contributed by atoms with Gasteiger partial charge in [0.15, 0.2) is 0 Å². The first-order chi connectivity index (χ1) is 13.0. The number of piperazine rings is 1. The van der Waals surface area contributed by atoms with Gasteiger partial charge in [-0.2, -0.15) is 0 Å². The highest BCUT2D eigenvalue weighted by Crippen LogP contribution is 2.33. The lowest BCUT2D eigenvalue weighted by Crippen LogP contribution is -2.48. The average molecular weight is 389 g/mol. The van der Waals surface area contributed by atoms with Crippen molar-refractivity contribution < 1.29 is 14.3 Å². The van der Waals surface area contributed by atoms with E-state index in [0.717, 1.165) is 17.7 Å². The van der Waals surface area contributed by atoms with Crippen molar-refractivity contribution in [2.45, 2.75) is 6.92 Å². The van der Waals surface area contributed by atoms with E-state index < -0.39 is 0 Å². The summed E-state index contributed by atoms with van der Waals surface area (Å²) in [5.74, 6) is 0.503. The van der Waals surface area contributed by atoms with Crippen LogP contribution in [0.1, 0.15) is 15.9 Å². The number of benzene rings is 1. The molecular weight excluding hydrogens is 368 g/mol. The van der Waals surface area contributed by atoms with E-state index in [2.05, 4.69) is 10.3 Å². The molecule has 7 nitrogen and oxygen atoms in total. The first-order valence-corrected chi connectivity index (χ1v) is 8.94. The maximum atomic E-state index is 12.7. The van der Waals surface area contributed by atoms with Gasteiger partial charge < -0.3 is 19.9 Å². The summed E-state index contributed by atoms with van der Waals surface area (Å²) in [5.41, 5.74) is 2.82. The van der Waals surface area contributed by atoms with E-state index in [1.54, 1.807) is 41.4 Å². The molecule has 27 heavy (non-hydrogen) atoms. The second-order valence-corrected chi connectivity index (χ2v) is 6.73. The van der Waals surface area contributed by atoms with E-state index in [1.165, 1.54) is 0 Å². The molecule has 0 aliphatic carbocycles. The largest absolute Gasteiger partial charge is 0.495 e. The van der Waals surface area contributed by atoms with Gasteiger partial charge in [0.1, 0.15) is 5.75 Å². The predicted molar refractivity (Wildman–Crippen MR) is 104 cm³/mol. The second-order valence-electron chi connectivity index (χ2n) is 6.32. The van der Waals surface area contributed by atoms with Crippen LogP contribution in [0.4, 0.5) is 11.4 Å². The molecule has 2 aromatic rings. The average Bonchev–Trinajstić information content (AvgIpc) is 2.70. The molecule has 3 rings (SSSR count). The van der Waals surface area contributed by atoms with Crippen LogP contribution in [0.15, 0.2) is 30.6 Å². The maximum absolute atomic E-state index is 12.7. The van der Waals surface area contributed by atoms with E-state index in [4.69, 9.17) is 16.3 Å². The Hall–Kier alpha value is -2.80. The molecule has 1 aromatic heterocycles. The van der Waals surface area contributed by atoms with Gasteiger partial charge in [-0.05, 0) is 24.6 Å². The summed E-state index contributed by atoms with van der Waals surface area (Å²) in [5, 5.41) is 3.85. The Kier molecular flexibility index (Phi) is 5.81. The summed E-state index contributed by atoms with van der Waals surface area (Å²) in [6.45, 7) is 4.02. The highest BCUT2D eigenvalue weighted by molar-refractivity contribution is 6.31. The van der Waals surface area contributed by atoms with Crippen LogP contribution >= 0.6 is 11.6 Å². The number of anilines is 2. The summed E-state index contributed by atoms with van der Waals surface area (Å²) >= 11 is 6.15. The van der Waals surface area contributed by atoms with Crippen molar-refractivity contribution >= 4 is 35.3 Å². The van der Waals surface area contributed by atoms with Gasteiger partial charge in [-0.3, -0.25) is 14.6 Å². The van der Waals surface area contributed by atoms with Gasteiger partial charge in [-0.1, -0.05) is 11.6 Å². The molecule has 1 aromatic carbocycles. The molecule has 0 atom stereocenters. The Balaban J connectivity index is 1.77. The normalized spacial score (nSPS) is 14.0. The number of nitrogens with zero attached hydrogens (tertiary/aromatic N) is 3. The molecule has 8 heteroatoms. The summed E-state index contributed by atoms with van der Waals surface area (Å²) in [7, 11) is 1.57. The van der Waals surface area contributed by atoms with Crippen LogP contribution < -0.4 is 10.1 Å². The van der Waals surface area contributed by atoms with Crippen LogP contribution in [0.2, 0.25) is 5.02 Å². The van der Waals surface area contributed by atoms with Crippen molar-refractivity contribution in [2.24, 2.45) is 0 Å². The number of halogens is 1. The summed E-state index contributed by atoms with van der Waals surface area (Å²) in [4.78, 5) is 31.1. The third kappa shape index (κ3) is 4.31. The monoisotopic (exact) mass is 388 g/mol. The molecule has 1 fully saturated rings. The van der Waals surface area contributed by atoms with Crippen molar-refractivity contribution in [3.63, 3.8) is 0 Å². The quantitative estimate of drug-likeness (QED) is 0.797. The zero-order valence-corrected chi connectivity index (χ0v) is 16.0. The Morgan fingerprint density at radius 2 is 1.96 bits per heavy atom. The lowest BCUT2D eigenvalue weighted by molar-refractivity contribution is -0.119. The van der Waals surface area contributed by atoms with Crippen LogP contribution in [0.3, 0.4) is 0 Å². The molecular formula is C19H21ClN4O3. The molecule has 2 amide bonds. The number of hydrogen-bond acceptors (Lipinski definition) is 5. The van der Waals surface area contributed by atoms with Crippen molar-refractivity contribution in [1.82, 2.24) is 14.8 Å². The SMILES string of the molecule is COc1cc(Cl)c(C)cc1Nc1cncc(C(=O)N2CCN(C=O)CC2)c1. The van der Waals surface area contributed by atoms with Gasteiger partial charge in [0.25, 0.3) is 5.91 Å². The third-order valence-corrected chi connectivity index (χ3v) is 4.90. The first-order valence-electron chi connectivity index (χ1n) is 8.56. The van der Waals surface area contributed by atoms with Gasteiger partial charge in [-0.25, -0.2) is 0 Å². The molecule has 1 aliphatic rings. The van der Waals surface area contributed by atoms with Crippen molar-refractivity contribution in [3.05, 3.63) is 46.7 Å². The highest BCUT2D eigenvalue weighted by Gasteiger charge is 2.21. The smallest absolute Gasteiger partial charge is 0.255 e. The molecule has 1 aliphatic heterocycles. The Morgan fingerprint density at radius 3 is 2.63 bits per heavy atom. The van der Waals surface area contributed by atoms with Gasteiger partial charge in [0.05, 0.1) is 30.2 Å². The minimum Gasteiger partial charge on any atom is -0.495 e. The number of aryl methyl sites for hydroxylation is 1. The standard InChI is InChI=1S/C19H21ClN4O3/c1-13-7-17(18(27-2)9-16(13)20)22-15-8-14(10-21-11-15)19(26)24-5-3-23(12-25)4-6-24/h7-12,22H,3-6H2,1-2H3. The van der Waals surface area contributed by atoms with E-state index >= 15 is 0 Å². The van der Waals surface area contributed by atoms with Crippen LogP contribution in [0.5, 0.6) is 5.75 Å². The third-order valence-electron chi connectivity index (χ3n) is 4.50. The molecule has 2 heterocycles. The number of methoxy groups -OCH3 is 1. The van der Waals surface area contributed by atoms with E-state index in [9.17, 15) is 9.59 Å². The van der Waals surface area contributed by atoms with Crippen LogP contribution in [0, 0.1) is 6.92 Å². The number of nitrogens with one attached hydrogen (secondary N) is 1. The number of aromatic nitrogens is 1. The number of amides is 2. The molecule has 0 spiro atoms. The summed E-state index contributed by atoms with van der Waals surface area (Å²) < 4.78 is 5.37. The fourth-order valence-electron chi connectivity index (χ4n) is 2.92. The zero-order chi connectivity index (χ0) is 19.4. The summed E-state index contributed by atoms with van der Waals surface area (Å²) in [6.07, 6.45) is 4.00. The Bertz CT molecular complexity index is 851. The second kappa shape index (κ2) is 8.26. The number of carbonyl (C=O) groups excluding carboxylic acids is 2. The van der Waals surface area contributed by atoms with Crippen molar-refractivity contribution in [2.75, 3.05) is 38.6 Å². The highest BCUT2D eigenvalue weighted by atomic mass is 35.5. The summed E-state index contributed by atoms with van der Waals surface area (Å²) in [6, 6.07) is 5.38. The number of pyridine rings is 1. The van der Waals surface area contributed by atoms with Crippen molar-refractivity contribution in [1.29, 1.82) is 0 Å². The minimum absolute atomic E-state index is 0.101. The fourth-order valence-corrected chi connectivity index (χ4v) is 3.08. The van der Waals surface area contributed by atoms with Crippen molar-refractivity contribution in [3.8, 4) is 5.75 Å². The van der Waals surface area contributed by atoms with Gasteiger partial charge in [0.2, 0.25) is 6.41 Å². The lowest BCUT2D eigenvalue weighted by atomic mass is 10.2. The van der Waals surface area contributed by atoms with Crippen LogP contribution in [-0.4, -0.2) is 60.4 Å². The molecule has 1 N–H and O–H groups in total. The Labute approximate surface area is 162 Å². The first kappa shape index (κ1) is 19.0. The minimum atomic E-state index is -0.101. The topological polar surface area (TPSA) is 74.8 Å². The number of hydrogen-bond donors (Lipinski definition) is 1. The Morgan fingerprint density at radius 1 is 1.22 bits per heavy atom. The van der Waals surface area contributed by atoms with Gasteiger partial charge in [0, 0.05) is 43.5 Å². The van der Waals surface area contributed by atoms with E-state index in [1.807, 2.05) is 13.0 Å². The van der Waals surface area contributed by atoms with Crippen LogP contribution in [-0.2, 0) is 4.79 Å². The molecule has 0 radical (unpaired) electrons. The predicted octanol–water partition coefficient (Wildman–Crippen LogP) is 2.71. The maximum Gasteiger partial charge on any atom is 0.255 e. The number of carbonyl (C=O) groups is 2. The lowest BCUT2D eigenvalue weighted by Gasteiger charge is -2.32. The fraction of sp³-hybridized carbons (Fsp3) is 0.316. The number of rotatable bonds is 5. The molecule has 1 saturated heterocycles.